The van der Waals surface area contributed by atoms with Gasteiger partial charge in [-0.2, -0.15) is 0 Å². The minimum atomic E-state index is -0.674. The van der Waals surface area contributed by atoms with Crippen molar-refractivity contribution < 1.29 is 9.52 Å². The normalized spacial score (nSPS) is 12.7. The Balaban J connectivity index is 1.84. The molecule has 0 bridgehead atoms. The molecule has 1 unspecified atom stereocenters. The molecule has 0 amide bonds. The molecule has 0 saturated carbocycles. The van der Waals surface area contributed by atoms with Crippen LogP contribution in [0, 0.1) is 0 Å². The van der Waals surface area contributed by atoms with Crippen LogP contribution in [-0.4, -0.2) is 10.1 Å². The first-order valence-electron chi connectivity index (χ1n) is 6.00. The minimum Gasteiger partial charge on any atom is -0.441 e. The zero-order valence-electron chi connectivity index (χ0n) is 10.1. The lowest BCUT2D eigenvalue weighted by molar-refractivity contribution is 0.169. The summed E-state index contributed by atoms with van der Waals surface area (Å²) in [4.78, 5) is 4.34. The first-order chi connectivity index (χ1) is 9.22. The molecule has 0 aliphatic heterocycles. The summed E-state index contributed by atoms with van der Waals surface area (Å²) in [6, 6.07) is 14.7. The van der Waals surface area contributed by atoms with E-state index in [1.54, 1.807) is 12.1 Å². The van der Waals surface area contributed by atoms with Gasteiger partial charge in [0.1, 0.15) is 5.52 Å². The molecule has 3 aromatic rings. The van der Waals surface area contributed by atoms with E-state index in [2.05, 4.69) is 4.98 Å². The average Bonchev–Trinajstić information content (AvgIpc) is 2.80. The number of halogens is 1. The van der Waals surface area contributed by atoms with Gasteiger partial charge in [-0.25, -0.2) is 4.98 Å². The number of oxazole rings is 1. The number of aliphatic hydroxyl groups excluding tert-OH is 1. The van der Waals surface area contributed by atoms with Crippen molar-refractivity contribution >= 4 is 22.7 Å². The third-order valence-electron chi connectivity index (χ3n) is 2.94. The molecule has 2 aromatic carbocycles. The summed E-state index contributed by atoms with van der Waals surface area (Å²) in [6.45, 7) is 0. The van der Waals surface area contributed by atoms with Crippen LogP contribution >= 0.6 is 11.6 Å². The fourth-order valence-corrected chi connectivity index (χ4v) is 2.20. The second kappa shape index (κ2) is 5.03. The van der Waals surface area contributed by atoms with Crippen LogP contribution in [0.15, 0.2) is 52.9 Å². The molecule has 3 nitrogen and oxygen atoms in total. The van der Waals surface area contributed by atoms with E-state index in [9.17, 15) is 5.11 Å². The summed E-state index contributed by atoms with van der Waals surface area (Å²) in [5, 5.41) is 10.8. The highest BCUT2D eigenvalue weighted by molar-refractivity contribution is 6.30. The van der Waals surface area contributed by atoms with Gasteiger partial charge in [-0.05, 0) is 29.8 Å². The van der Waals surface area contributed by atoms with E-state index in [0.29, 0.717) is 17.3 Å². The number of nitrogens with zero attached hydrogens (tertiary/aromatic N) is 1. The zero-order chi connectivity index (χ0) is 13.2. The van der Waals surface area contributed by atoms with Crippen molar-refractivity contribution in [2.75, 3.05) is 0 Å². The second-order valence-electron chi connectivity index (χ2n) is 4.35. The zero-order valence-corrected chi connectivity index (χ0v) is 10.8. The van der Waals surface area contributed by atoms with Gasteiger partial charge in [-0.3, -0.25) is 0 Å². The number of aliphatic hydroxyl groups is 1. The standard InChI is InChI=1S/C15H12ClNO2/c16-11-5-3-4-10(8-11)13(18)9-15-17-12-6-1-2-7-14(12)19-15/h1-8,13,18H,9H2. The predicted octanol–water partition coefficient (Wildman–Crippen LogP) is 3.76. The SMILES string of the molecule is OC(Cc1nc2ccccc2o1)c1cccc(Cl)c1. The molecule has 0 aliphatic carbocycles. The minimum absolute atomic E-state index is 0.328. The predicted molar refractivity (Wildman–Crippen MR) is 74.1 cm³/mol. The number of para-hydroxylation sites is 2. The van der Waals surface area contributed by atoms with Crippen LogP contribution in [0.4, 0.5) is 0 Å². The Morgan fingerprint density at radius 3 is 2.79 bits per heavy atom. The van der Waals surface area contributed by atoms with Gasteiger partial charge in [0.25, 0.3) is 0 Å². The quantitative estimate of drug-likeness (QED) is 0.790. The van der Waals surface area contributed by atoms with E-state index < -0.39 is 6.10 Å². The van der Waals surface area contributed by atoms with E-state index >= 15 is 0 Å². The van der Waals surface area contributed by atoms with Gasteiger partial charge < -0.3 is 9.52 Å². The van der Waals surface area contributed by atoms with Crippen molar-refractivity contribution in [3.8, 4) is 0 Å². The number of fused-ring (bicyclic) bond motifs is 1. The first kappa shape index (κ1) is 12.2. The summed E-state index contributed by atoms with van der Waals surface area (Å²) in [7, 11) is 0. The highest BCUT2D eigenvalue weighted by atomic mass is 35.5. The van der Waals surface area contributed by atoms with Gasteiger partial charge in [-0.15, -0.1) is 0 Å². The van der Waals surface area contributed by atoms with Gasteiger partial charge in [0, 0.05) is 5.02 Å². The maximum atomic E-state index is 10.2. The van der Waals surface area contributed by atoms with Gasteiger partial charge in [0.15, 0.2) is 11.5 Å². The third-order valence-corrected chi connectivity index (χ3v) is 3.17. The number of rotatable bonds is 3. The van der Waals surface area contributed by atoms with Crippen molar-refractivity contribution in [2.45, 2.75) is 12.5 Å². The maximum Gasteiger partial charge on any atom is 0.198 e. The molecule has 0 fully saturated rings. The molecular formula is C15H12ClNO2. The lowest BCUT2D eigenvalue weighted by atomic mass is 10.1. The Hall–Kier alpha value is -1.84. The van der Waals surface area contributed by atoms with E-state index in [1.165, 1.54) is 0 Å². The Morgan fingerprint density at radius 1 is 1.16 bits per heavy atom. The van der Waals surface area contributed by atoms with Gasteiger partial charge in [0.2, 0.25) is 0 Å². The topological polar surface area (TPSA) is 46.3 Å². The van der Waals surface area contributed by atoms with Crippen molar-refractivity contribution in [3.05, 3.63) is 65.0 Å². The second-order valence-corrected chi connectivity index (χ2v) is 4.79. The lowest BCUT2D eigenvalue weighted by Crippen LogP contribution is -2.01. The van der Waals surface area contributed by atoms with Gasteiger partial charge in [-0.1, -0.05) is 35.9 Å². The molecule has 1 atom stereocenters. The summed E-state index contributed by atoms with van der Waals surface area (Å²) >= 11 is 5.91. The fourth-order valence-electron chi connectivity index (χ4n) is 2.00. The summed E-state index contributed by atoms with van der Waals surface area (Å²) in [5.41, 5.74) is 2.29. The molecule has 4 heteroatoms. The average molecular weight is 274 g/mol. The first-order valence-corrected chi connectivity index (χ1v) is 6.38. The van der Waals surface area contributed by atoms with Crippen LogP contribution in [0.5, 0.6) is 0 Å². The number of hydrogen-bond acceptors (Lipinski definition) is 3. The Labute approximate surface area is 115 Å². The van der Waals surface area contributed by atoms with Crippen LogP contribution in [0.2, 0.25) is 5.02 Å². The summed E-state index contributed by atoms with van der Waals surface area (Å²) in [6.07, 6.45) is -0.346. The number of hydrogen-bond donors (Lipinski definition) is 1. The molecular weight excluding hydrogens is 262 g/mol. The van der Waals surface area contributed by atoms with Gasteiger partial charge in [0.05, 0.1) is 12.5 Å². The summed E-state index contributed by atoms with van der Waals surface area (Å²) in [5.74, 6) is 0.522. The number of aromatic nitrogens is 1. The molecule has 19 heavy (non-hydrogen) atoms. The van der Waals surface area contributed by atoms with Crippen molar-refractivity contribution in [1.82, 2.24) is 4.98 Å². The monoisotopic (exact) mass is 273 g/mol. The van der Waals surface area contributed by atoms with E-state index in [-0.39, 0.29) is 0 Å². The molecule has 1 N–H and O–H groups in total. The van der Waals surface area contributed by atoms with E-state index in [0.717, 1.165) is 16.7 Å². The maximum absolute atomic E-state index is 10.2. The third kappa shape index (κ3) is 2.62. The molecule has 0 radical (unpaired) electrons. The van der Waals surface area contributed by atoms with Crippen LogP contribution in [0.25, 0.3) is 11.1 Å². The summed E-state index contributed by atoms with van der Waals surface area (Å²) < 4.78 is 5.59. The largest absolute Gasteiger partial charge is 0.441 e. The van der Waals surface area contributed by atoms with Gasteiger partial charge >= 0.3 is 0 Å². The van der Waals surface area contributed by atoms with Crippen molar-refractivity contribution in [1.29, 1.82) is 0 Å². The van der Waals surface area contributed by atoms with Crippen LogP contribution in [0.1, 0.15) is 17.6 Å². The van der Waals surface area contributed by atoms with Crippen molar-refractivity contribution in [3.63, 3.8) is 0 Å². The van der Waals surface area contributed by atoms with Crippen LogP contribution < -0.4 is 0 Å². The molecule has 1 heterocycles. The lowest BCUT2D eigenvalue weighted by Gasteiger charge is -2.08. The van der Waals surface area contributed by atoms with E-state index in [4.69, 9.17) is 16.0 Å². The molecule has 0 spiro atoms. The molecule has 1 aromatic heterocycles. The Bertz CT molecular complexity index is 675. The van der Waals surface area contributed by atoms with Crippen molar-refractivity contribution in [2.24, 2.45) is 0 Å². The number of benzene rings is 2. The van der Waals surface area contributed by atoms with Crippen LogP contribution in [-0.2, 0) is 6.42 Å². The Kier molecular flexibility index (Phi) is 3.23. The molecule has 0 saturated heterocycles. The Morgan fingerprint density at radius 2 is 2.00 bits per heavy atom. The smallest absolute Gasteiger partial charge is 0.198 e. The molecule has 96 valence electrons. The fraction of sp³-hybridized carbons (Fsp3) is 0.133. The van der Waals surface area contributed by atoms with Crippen LogP contribution in [0.3, 0.4) is 0 Å². The highest BCUT2D eigenvalue weighted by Gasteiger charge is 2.13. The molecule has 0 aliphatic rings. The van der Waals surface area contributed by atoms with E-state index in [1.807, 2.05) is 36.4 Å². The highest BCUT2D eigenvalue weighted by Crippen LogP contribution is 2.23. The molecule has 3 rings (SSSR count).